The van der Waals surface area contributed by atoms with Crippen molar-refractivity contribution >= 4 is 37.3 Å². The molecule has 0 aromatic heterocycles. The van der Waals surface area contributed by atoms with Crippen LogP contribution in [0.3, 0.4) is 0 Å². The van der Waals surface area contributed by atoms with Crippen LogP contribution in [0.15, 0.2) is 47.4 Å². The van der Waals surface area contributed by atoms with E-state index in [1.807, 2.05) is 0 Å². The lowest BCUT2D eigenvalue weighted by atomic mass is 10.2. The van der Waals surface area contributed by atoms with E-state index in [0.29, 0.717) is 29.2 Å². The van der Waals surface area contributed by atoms with Gasteiger partial charge in [-0.15, -0.1) is 0 Å². The Bertz CT molecular complexity index is 1070. The van der Waals surface area contributed by atoms with Crippen molar-refractivity contribution in [1.82, 2.24) is 4.72 Å². The van der Waals surface area contributed by atoms with Gasteiger partial charge in [0.15, 0.2) is 0 Å². The van der Waals surface area contributed by atoms with E-state index >= 15 is 0 Å². The molecule has 3 rings (SSSR count). The molecular weight excluding hydrogens is 424 g/mol. The van der Waals surface area contributed by atoms with Crippen LogP contribution in [-0.2, 0) is 26.6 Å². The average molecular weight is 445 g/mol. The number of nitrogens with one attached hydrogen (secondary N) is 1. The van der Waals surface area contributed by atoms with Crippen LogP contribution in [0.1, 0.15) is 18.4 Å². The second-order valence-corrected chi connectivity index (χ2v) is 10.5. The molecule has 1 saturated heterocycles. The molecule has 10 heteroatoms. The summed E-state index contributed by atoms with van der Waals surface area (Å²) in [5, 5.41) is 0.449. The molecular formula is C18H21ClN2O5S2. The maximum absolute atomic E-state index is 12.9. The van der Waals surface area contributed by atoms with Gasteiger partial charge in [-0.1, -0.05) is 29.8 Å². The minimum Gasteiger partial charge on any atom is -0.495 e. The third-order valence-corrected chi connectivity index (χ3v) is 8.15. The molecule has 1 heterocycles. The van der Waals surface area contributed by atoms with Gasteiger partial charge in [-0.05, 0) is 42.7 Å². The van der Waals surface area contributed by atoms with Crippen LogP contribution in [0, 0.1) is 0 Å². The second-order valence-electron chi connectivity index (χ2n) is 6.35. The first-order valence-electron chi connectivity index (χ1n) is 8.66. The summed E-state index contributed by atoms with van der Waals surface area (Å²) in [4.78, 5) is -0.125. The lowest BCUT2D eigenvalue weighted by Gasteiger charge is -2.28. The minimum atomic E-state index is -3.97. The zero-order valence-corrected chi connectivity index (χ0v) is 17.6. The topological polar surface area (TPSA) is 92.8 Å². The largest absolute Gasteiger partial charge is 0.495 e. The first-order valence-corrected chi connectivity index (χ1v) is 12.1. The molecule has 1 aliphatic rings. The Kier molecular flexibility index (Phi) is 6.18. The fourth-order valence-corrected chi connectivity index (χ4v) is 6.03. The van der Waals surface area contributed by atoms with E-state index < -0.39 is 20.0 Å². The van der Waals surface area contributed by atoms with Crippen LogP contribution in [0.4, 0.5) is 5.69 Å². The van der Waals surface area contributed by atoms with Crippen molar-refractivity contribution in [2.75, 3.05) is 23.7 Å². The van der Waals surface area contributed by atoms with E-state index in [-0.39, 0.29) is 22.9 Å². The molecule has 0 amide bonds. The molecule has 0 saturated carbocycles. The fraction of sp³-hybridized carbons (Fsp3) is 0.333. The van der Waals surface area contributed by atoms with Gasteiger partial charge < -0.3 is 4.74 Å². The van der Waals surface area contributed by atoms with Gasteiger partial charge in [-0.2, -0.15) is 0 Å². The zero-order chi connectivity index (χ0) is 20.4. The predicted molar refractivity (Wildman–Crippen MR) is 109 cm³/mol. The summed E-state index contributed by atoms with van der Waals surface area (Å²) >= 11 is 6.08. The van der Waals surface area contributed by atoms with Crippen LogP contribution in [0.25, 0.3) is 0 Å². The maximum atomic E-state index is 12.9. The lowest BCUT2D eigenvalue weighted by molar-refractivity contribution is 0.402. The number of sulfonamides is 2. The average Bonchev–Trinajstić information content (AvgIpc) is 2.66. The van der Waals surface area contributed by atoms with Crippen molar-refractivity contribution in [1.29, 1.82) is 0 Å². The Morgan fingerprint density at radius 2 is 1.93 bits per heavy atom. The van der Waals surface area contributed by atoms with Crippen LogP contribution in [0.2, 0.25) is 5.02 Å². The van der Waals surface area contributed by atoms with Crippen LogP contribution < -0.4 is 13.8 Å². The molecule has 0 radical (unpaired) electrons. The van der Waals surface area contributed by atoms with Crippen molar-refractivity contribution in [3.05, 3.63) is 53.1 Å². The molecule has 1 fully saturated rings. The summed E-state index contributed by atoms with van der Waals surface area (Å²) in [6.45, 7) is 0.318. The molecule has 0 bridgehead atoms. The molecule has 0 unspecified atom stereocenters. The highest BCUT2D eigenvalue weighted by Gasteiger charge is 2.28. The monoisotopic (exact) mass is 444 g/mol. The first-order chi connectivity index (χ1) is 13.2. The van der Waals surface area contributed by atoms with Gasteiger partial charge in [0.2, 0.25) is 20.0 Å². The van der Waals surface area contributed by atoms with Crippen molar-refractivity contribution in [2.24, 2.45) is 0 Å². The number of rotatable bonds is 6. The molecule has 28 heavy (non-hydrogen) atoms. The highest BCUT2D eigenvalue weighted by atomic mass is 35.5. The highest BCUT2D eigenvalue weighted by Crippen LogP contribution is 2.32. The van der Waals surface area contributed by atoms with E-state index in [2.05, 4.69) is 4.72 Å². The third-order valence-electron chi connectivity index (χ3n) is 4.48. The number of ether oxygens (including phenoxy) is 1. The number of halogens is 1. The summed E-state index contributed by atoms with van der Waals surface area (Å²) < 4.78 is 59.4. The van der Waals surface area contributed by atoms with Crippen molar-refractivity contribution in [2.45, 2.75) is 24.3 Å². The summed E-state index contributed by atoms with van der Waals surface area (Å²) in [5.41, 5.74) is 0.931. The molecule has 1 aliphatic heterocycles. The normalized spacial score (nSPS) is 16.7. The van der Waals surface area contributed by atoms with E-state index in [9.17, 15) is 16.8 Å². The summed E-state index contributed by atoms with van der Waals surface area (Å²) in [5.74, 6) is 0.177. The number of hydrogen-bond acceptors (Lipinski definition) is 5. The van der Waals surface area contributed by atoms with E-state index in [1.54, 1.807) is 30.3 Å². The second kappa shape index (κ2) is 8.28. The van der Waals surface area contributed by atoms with Gasteiger partial charge in [-0.25, -0.2) is 21.6 Å². The van der Waals surface area contributed by atoms with E-state index in [4.69, 9.17) is 16.3 Å². The fourth-order valence-electron chi connectivity index (χ4n) is 3.00. The van der Waals surface area contributed by atoms with Gasteiger partial charge in [-0.3, -0.25) is 4.31 Å². The Morgan fingerprint density at radius 3 is 2.61 bits per heavy atom. The van der Waals surface area contributed by atoms with Crippen LogP contribution in [0.5, 0.6) is 5.75 Å². The summed E-state index contributed by atoms with van der Waals surface area (Å²) in [6, 6.07) is 11.3. The molecule has 1 N–H and O–H groups in total. The smallest absolute Gasteiger partial charge is 0.244 e. The predicted octanol–water partition coefficient (Wildman–Crippen LogP) is 2.76. The standard InChI is InChI=1S/C18H21ClN2O5S2/c1-26-17-9-8-15(21-10-4-5-11-27(21,22)23)12-18(17)28(24,25)20-13-14-6-2-3-7-16(14)19/h2-3,6-9,12,20H,4-5,10-11,13H2,1H3. The number of nitrogens with zero attached hydrogens (tertiary/aromatic N) is 1. The van der Waals surface area contributed by atoms with Gasteiger partial charge in [0, 0.05) is 18.1 Å². The Morgan fingerprint density at radius 1 is 1.18 bits per heavy atom. The molecule has 0 spiro atoms. The van der Waals surface area contributed by atoms with Crippen LogP contribution in [-0.4, -0.2) is 36.2 Å². The van der Waals surface area contributed by atoms with Crippen molar-refractivity contribution < 1.29 is 21.6 Å². The molecule has 0 atom stereocenters. The van der Waals surface area contributed by atoms with E-state index in [0.717, 1.165) is 6.42 Å². The van der Waals surface area contributed by atoms with Gasteiger partial charge in [0.05, 0.1) is 18.6 Å². The van der Waals surface area contributed by atoms with Gasteiger partial charge in [0.25, 0.3) is 0 Å². The number of methoxy groups -OCH3 is 1. The Balaban J connectivity index is 1.94. The molecule has 2 aromatic rings. The maximum Gasteiger partial charge on any atom is 0.244 e. The number of hydrogen-bond donors (Lipinski definition) is 1. The van der Waals surface area contributed by atoms with Gasteiger partial charge in [0.1, 0.15) is 10.6 Å². The Hall–Kier alpha value is -1.81. The quantitative estimate of drug-likeness (QED) is 0.739. The zero-order valence-electron chi connectivity index (χ0n) is 15.3. The molecule has 0 aliphatic carbocycles. The minimum absolute atomic E-state index is 0.00258. The molecule has 152 valence electrons. The number of anilines is 1. The molecule has 7 nitrogen and oxygen atoms in total. The lowest BCUT2D eigenvalue weighted by Crippen LogP contribution is -2.38. The Labute approximate surface area is 170 Å². The number of benzene rings is 2. The van der Waals surface area contributed by atoms with Crippen molar-refractivity contribution in [3.63, 3.8) is 0 Å². The third kappa shape index (κ3) is 4.43. The summed E-state index contributed by atoms with van der Waals surface area (Å²) in [7, 11) is -6.07. The van der Waals surface area contributed by atoms with Crippen molar-refractivity contribution in [3.8, 4) is 5.75 Å². The van der Waals surface area contributed by atoms with E-state index in [1.165, 1.54) is 23.5 Å². The first kappa shape index (κ1) is 20.9. The summed E-state index contributed by atoms with van der Waals surface area (Å²) in [6.07, 6.45) is 1.32. The van der Waals surface area contributed by atoms with Crippen LogP contribution >= 0.6 is 11.6 Å². The highest BCUT2D eigenvalue weighted by molar-refractivity contribution is 7.92. The molecule has 2 aromatic carbocycles. The SMILES string of the molecule is COc1ccc(N2CCCCS2(=O)=O)cc1S(=O)(=O)NCc1ccccc1Cl. The van der Waals surface area contributed by atoms with Gasteiger partial charge >= 0.3 is 0 Å².